The third kappa shape index (κ3) is 5.27. The highest BCUT2D eigenvalue weighted by molar-refractivity contribution is 6.04. The number of amides is 2. The first-order chi connectivity index (χ1) is 17.9. The maximum absolute atomic E-state index is 13.3. The van der Waals surface area contributed by atoms with E-state index in [1.165, 1.54) is 0 Å². The summed E-state index contributed by atoms with van der Waals surface area (Å²) in [5.74, 6) is 0.297. The number of hydrogen-bond acceptors (Lipinski definition) is 5. The molecule has 192 valence electrons. The Morgan fingerprint density at radius 3 is 2.92 bits per heavy atom. The summed E-state index contributed by atoms with van der Waals surface area (Å²) in [6.07, 6.45) is 11.7. The fourth-order valence-electron chi connectivity index (χ4n) is 5.00. The van der Waals surface area contributed by atoms with E-state index < -0.39 is 0 Å². The van der Waals surface area contributed by atoms with Crippen molar-refractivity contribution in [1.82, 2.24) is 28.7 Å². The number of likely N-dealkylation sites (N-methyl/N-ethyl adjacent to an activating group) is 1. The highest BCUT2D eigenvalue weighted by Crippen LogP contribution is 2.32. The molecule has 1 aliphatic heterocycles. The first-order valence-corrected chi connectivity index (χ1v) is 12.7. The summed E-state index contributed by atoms with van der Waals surface area (Å²) in [4.78, 5) is 39.3. The fourth-order valence-corrected chi connectivity index (χ4v) is 5.00. The Bertz CT molecular complexity index is 1470. The molecule has 1 aliphatic rings. The maximum atomic E-state index is 13.3. The van der Waals surface area contributed by atoms with Gasteiger partial charge in [-0.15, -0.1) is 0 Å². The van der Waals surface area contributed by atoms with Crippen molar-refractivity contribution in [3.63, 3.8) is 0 Å². The topological polar surface area (TPSA) is 87.8 Å². The Morgan fingerprint density at radius 2 is 2.08 bits per heavy atom. The van der Waals surface area contributed by atoms with Gasteiger partial charge in [-0.3, -0.25) is 14.9 Å². The van der Waals surface area contributed by atoms with Gasteiger partial charge >= 0.3 is 0 Å². The Morgan fingerprint density at radius 1 is 1.22 bits per heavy atom. The van der Waals surface area contributed by atoms with E-state index in [9.17, 15) is 9.59 Å². The largest absolute Gasteiger partial charge is 0.337 e. The van der Waals surface area contributed by atoms with E-state index in [0.29, 0.717) is 18.1 Å². The van der Waals surface area contributed by atoms with Gasteiger partial charge in [0, 0.05) is 37.5 Å². The Kier molecular flexibility index (Phi) is 7.05. The number of benzene rings is 1. The first kappa shape index (κ1) is 24.7. The zero-order chi connectivity index (χ0) is 25.9. The molecule has 0 bridgehead atoms. The number of imidazole rings is 2. The van der Waals surface area contributed by atoms with Crippen LogP contribution in [0.1, 0.15) is 41.2 Å². The zero-order valence-corrected chi connectivity index (χ0v) is 21.6. The molecular weight excluding hydrogens is 466 g/mol. The van der Waals surface area contributed by atoms with Crippen LogP contribution in [0.3, 0.4) is 0 Å². The lowest BCUT2D eigenvalue weighted by Gasteiger charge is -2.26. The molecular formula is C28H33N7O2. The molecule has 2 amide bonds. The number of fused-ring (bicyclic) bond motifs is 2. The van der Waals surface area contributed by atoms with Gasteiger partial charge in [0.2, 0.25) is 11.9 Å². The van der Waals surface area contributed by atoms with Crippen molar-refractivity contribution in [2.45, 2.75) is 32.2 Å². The molecule has 1 unspecified atom stereocenters. The molecule has 4 heterocycles. The number of aromatic nitrogens is 4. The zero-order valence-electron chi connectivity index (χ0n) is 21.6. The molecule has 4 aromatic rings. The minimum absolute atomic E-state index is 0.00703. The number of pyridine rings is 1. The molecule has 5 rings (SSSR count). The van der Waals surface area contributed by atoms with Crippen LogP contribution < -0.4 is 5.32 Å². The van der Waals surface area contributed by atoms with Gasteiger partial charge in [-0.25, -0.2) is 9.97 Å². The van der Waals surface area contributed by atoms with E-state index in [-0.39, 0.29) is 17.9 Å². The summed E-state index contributed by atoms with van der Waals surface area (Å²) in [5, 5.41) is 3.07. The van der Waals surface area contributed by atoms with E-state index in [1.54, 1.807) is 24.7 Å². The predicted molar refractivity (Wildman–Crippen MR) is 145 cm³/mol. The minimum Gasteiger partial charge on any atom is -0.337 e. The van der Waals surface area contributed by atoms with Crippen molar-refractivity contribution in [2.24, 2.45) is 0 Å². The van der Waals surface area contributed by atoms with Crippen molar-refractivity contribution < 1.29 is 9.59 Å². The summed E-state index contributed by atoms with van der Waals surface area (Å²) in [7, 11) is 3.96. The van der Waals surface area contributed by atoms with E-state index in [4.69, 9.17) is 4.98 Å². The number of nitrogens with one attached hydrogen (secondary N) is 1. The standard InChI is InChI=1S/C28H33N7O2/c1-20-8-6-10-24-26(20)35(22-9-4-5-14-33(18-22)25(36)11-7-13-32(2)3)28(30-24)31-27(37)21-12-15-34-19-29-17-23(34)16-21/h6-8,10-12,15-17,19,22H,4-5,9,13-14,18H2,1-3H3,(H,30,31,37). The van der Waals surface area contributed by atoms with Gasteiger partial charge in [0.15, 0.2) is 0 Å². The molecule has 1 aromatic carbocycles. The number of likely N-dealkylation sites (tertiary alicyclic amines) is 1. The van der Waals surface area contributed by atoms with Crippen LogP contribution in [0.25, 0.3) is 16.6 Å². The Balaban J connectivity index is 1.47. The predicted octanol–water partition coefficient (Wildman–Crippen LogP) is 3.92. The van der Waals surface area contributed by atoms with Crippen molar-refractivity contribution in [3.05, 3.63) is 72.3 Å². The van der Waals surface area contributed by atoms with Crippen LogP contribution in [-0.2, 0) is 4.79 Å². The monoisotopic (exact) mass is 499 g/mol. The van der Waals surface area contributed by atoms with Gasteiger partial charge in [-0.05, 0) is 64.0 Å². The number of anilines is 1. The Labute approximate surface area is 216 Å². The van der Waals surface area contributed by atoms with Gasteiger partial charge in [0.1, 0.15) is 0 Å². The molecule has 1 atom stereocenters. The minimum atomic E-state index is -0.230. The average Bonchev–Trinajstić information content (AvgIpc) is 3.40. The lowest BCUT2D eigenvalue weighted by Crippen LogP contribution is -2.35. The van der Waals surface area contributed by atoms with E-state index >= 15 is 0 Å². The summed E-state index contributed by atoms with van der Waals surface area (Å²) in [6, 6.07) is 9.58. The van der Waals surface area contributed by atoms with Crippen LogP contribution in [-0.4, -0.2) is 74.3 Å². The second kappa shape index (κ2) is 10.6. The van der Waals surface area contributed by atoms with Crippen molar-refractivity contribution in [1.29, 1.82) is 0 Å². The van der Waals surface area contributed by atoms with Gasteiger partial charge in [-0.1, -0.05) is 18.2 Å². The van der Waals surface area contributed by atoms with Crippen LogP contribution in [0, 0.1) is 6.92 Å². The second-order valence-electron chi connectivity index (χ2n) is 9.94. The van der Waals surface area contributed by atoms with Crippen LogP contribution >= 0.6 is 0 Å². The highest BCUT2D eigenvalue weighted by atomic mass is 16.2. The summed E-state index contributed by atoms with van der Waals surface area (Å²) >= 11 is 0. The van der Waals surface area contributed by atoms with Crippen molar-refractivity contribution >= 4 is 34.3 Å². The fraction of sp³-hybridized carbons (Fsp3) is 0.357. The molecule has 37 heavy (non-hydrogen) atoms. The molecule has 9 heteroatoms. The molecule has 0 spiro atoms. The molecule has 1 fully saturated rings. The molecule has 9 nitrogen and oxygen atoms in total. The van der Waals surface area contributed by atoms with Crippen LogP contribution in [0.4, 0.5) is 5.95 Å². The van der Waals surface area contributed by atoms with Crippen LogP contribution in [0.5, 0.6) is 0 Å². The molecule has 1 saturated heterocycles. The molecule has 0 saturated carbocycles. The Hall–Kier alpha value is -3.98. The third-order valence-electron chi connectivity index (χ3n) is 6.87. The molecule has 0 aliphatic carbocycles. The van der Waals surface area contributed by atoms with E-state index in [0.717, 1.165) is 54.5 Å². The number of para-hydroxylation sites is 1. The van der Waals surface area contributed by atoms with Crippen molar-refractivity contribution in [2.75, 3.05) is 39.0 Å². The lowest BCUT2D eigenvalue weighted by atomic mass is 10.1. The number of aryl methyl sites for hydroxylation is 1. The second-order valence-corrected chi connectivity index (χ2v) is 9.94. The van der Waals surface area contributed by atoms with Crippen LogP contribution in [0.2, 0.25) is 0 Å². The summed E-state index contributed by atoms with van der Waals surface area (Å²) in [5.41, 5.74) is 4.28. The van der Waals surface area contributed by atoms with Crippen LogP contribution in [0.15, 0.2) is 61.2 Å². The van der Waals surface area contributed by atoms with Crippen molar-refractivity contribution in [3.8, 4) is 0 Å². The van der Waals surface area contributed by atoms with Gasteiger partial charge in [0.25, 0.3) is 5.91 Å². The lowest BCUT2D eigenvalue weighted by molar-refractivity contribution is -0.126. The highest BCUT2D eigenvalue weighted by Gasteiger charge is 2.27. The quantitative estimate of drug-likeness (QED) is 0.407. The molecule has 3 aromatic heterocycles. The number of carbonyl (C=O) groups is 2. The van der Waals surface area contributed by atoms with E-state index in [1.807, 2.05) is 58.8 Å². The van der Waals surface area contributed by atoms with Gasteiger partial charge in [-0.2, -0.15) is 0 Å². The smallest absolute Gasteiger partial charge is 0.258 e. The van der Waals surface area contributed by atoms with Gasteiger partial charge < -0.3 is 18.8 Å². The summed E-state index contributed by atoms with van der Waals surface area (Å²) in [6.45, 7) is 4.06. The number of nitrogens with zero attached hydrogens (tertiary/aromatic N) is 6. The molecule has 1 N–H and O–H groups in total. The average molecular weight is 500 g/mol. The number of carbonyl (C=O) groups excluding carboxylic acids is 2. The third-order valence-corrected chi connectivity index (χ3v) is 6.87. The maximum Gasteiger partial charge on any atom is 0.258 e. The molecule has 0 radical (unpaired) electrons. The summed E-state index contributed by atoms with van der Waals surface area (Å²) < 4.78 is 3.99. The van der Waals surface area contributed by atoms with E-state index in [2.05, 4.69) is 27.9 Å². The number of rotatable bonds is 6. The normalized spacial score (nSPS) is 16.6. The number of hydrogen-bond donors (Lipinski definition) is 1. The SMILES string of the molecule is Cc1cccc2nc(NC(=O)c3ccn4cncc4c3)n(C3CCCCN(C(=O)C=CCN(C)C)C3)c12. The first-order valence-electron chi connectivity index (χ1n) is 12.7. The van der Waals surface area contributed by atoms with Gasteiger partial charge in [0.05, 0.1) is 35.1 Å².